The van der Waals surface area contributed by atoms with Crippen LogP contribution in [0.1, 0.15) is 27.9 Å². The number of aryl methyl sites for hydroxylation is 1. The van der Waals surface area contributed by atoms with Crippen molar-refractivity contribution in [3.05, 3.63) is 39.4 Å². The van der Waals surface area contributed by atoms with Gasteiger partial charge in [0.25, 0.3) is 5.91 Å². The highest BCUT2D eigenvalue weighted by atomic mass is 35.5. The van der Waals surface area contributed by atoms with Crippen LogP contribution in [0.15, 0.2) is 23.2 Å². The van der Waals surface area contributed by atoms with E-state index in [0.29, 0.717) is 32.0 Å². The van der Waals surface area contributed by atoms with E-state index in [2.05, 4.69) is 15.3 Å². The first-order chi connectivity index (χ1) is 11.0. The van der Waals surface area contributed by atoms with E-state index in [0.717, 1.165) is 11.3 Å². The average molecular weight is 350 g/mol. The van der Waals surface area contributed by atoms with Gasteiger partial charge in [0.05, 0.1) is 18.0 Å². The molecule has 0 saturated carbocycles. The second-order valence-electron chi connectivity index (χ2n) is 4.74. The van der Waals surface area contributed by atoms with Crippen molar-refractivity contribution in [1.82, 2.24) is 4.98 Å². The van der Waals surface area contributed by atoms with Crippen molar-refractivity contribution in [2.75, 3.05) is 11.9 Å². The largest absolute Gasteiger partial charge is 0.462 e. The Bertz CT molecular complexity index is 844. The first-order valence-electron chi connectivity index (χ1n) is 6.84. The fraction of sp³-hybridized carbons (Fsp3) is 0.200. The molecule has 1 aromatic heterocycles. The van der Waals surface area contributed by atoms with Crippen LogP contribution in [0, 0.1) is 6.92 Å². The number of rotatable bonds is 3. The number of hydrogen-bond donors (Lipinski definition) is 1. The maximum atomic E-state index is 12.1. The van der Waals surface area contributed by atoms with Gasteiger partial charge in [0.2, 0.25) is 5.13 Å². The van der Waals surface area contributed by atoms with Crippen LogP contribution >= 0.6 is 22.9 Å². The number of amides is 1. The molecule has 0 fully saturated rings. The Morgan fingerprint density at radius 1 is 1.48 bits per heavy atom. The summed E-state index contributed by atoms with van der Waals surface area (Å²) in [4.78, 5) is 32.8. The summed E-state index contributed by atoms with van der Waals surface area (Å²) in [6, 6.07) is 5.07. The quantitative estimate of drug-likeness (QED) is 0.861. The van der Waals surface area contributed by atoms with Gasteiger partial charge in [0.15, 0.2) is 0 Å². The number of fused-ring (bicyclic) bond motifs is 1. The third-order valence-corrected chi connectivity index (χ3v) is 4.42. The zero-order valence-corrected chi connectivity index (χ0v) is 13.9. The number of aromatic nitrogens is 1. The van der Waals surface area contributed by atoms with Gasteiger partial charge in [0, 0.05) is 10.6 Å². The molecule has 2 aromatic rings. The molecule has 1 aliphatic rings. The normalized spacial score (nSPS) is 14.7. The Morgan fingerprint density at radius 3 is 3.00 bits per heavy atom. The van der Waals surface area contributed by atoms with Crippen molar-refractivity contribution in [3.63, 3.8) is 0 Å². The number of ether oxygens (including phenoxy) is 1. The van der Waals surface area contributed by atoms with Gasteiger partial charge in [-0.3, -0.25) is 4.79 Å². The van der Waals surface area contributed by atoms with Gasteiger partial charge in [0.1, 0.15) is 10.6 Å². The highest BCUT2D eigenvalue weighted by molar-refractivity contribution is 7.17. The molecule has 3 rings (SSSR count). The van der Waals surface area contributed by atoms with Crippen LogP contribution in [0.4, 0.5) is 10.8 Å². The van der Waals surface area contributed by atoms with Crippen molar-refractivity contribution in [1.29, 1.82) is 0 Å². The van der Waals surface area contributed by atoms with Gasteiger partial charge in [-0.2, -0.15) is 0 Å². The van der Waals surface area contributed by atoms with Gasteiger partial charge in [-0.05, 0) is 32.0 Å². The number of thiazole rings is 1. The minimum absolute atomic E-state index is 0.228. The molecule has 0 atom stereocenters. The minimum atomic E-state index is -0.437. The number of hydrogen-bond acceptors (Lipinski definition) is 6. The highest BCUT2D eigenvalue weighted by Gasteiger charge is 2.27. The van der Waals surface area contributed by atoms with E-state index >= 15 is 0 Å². The van der Waals surface area contributed by atoms with Crippen LogP contribution in [0.25, 0.3) is 0 Å². The SMILES string of the molecule is CCOC(=O)c1sc(/N=C2\C(=O)Nc3ccc(Cl)cc32)nc1C. The highest BCUT2D eigenvalue weighted by Crippen LogP contribution is 2.31. The lowest BCUT2D eigenvalue weighted by molar-refractivity contribution is -0.110. The van der Waals surface area contributed by atoms with E-state index < -0.39 is 5.97 Å². The topological polar surface area (TPSA) is 80.6 Å². The zero-order valence-electron chi connectivity index (χ0n) is 12.3. The summed E-state index contributed by atoms with van der Waals surface area (Å²) in [7, 11) is 0. The van der Waals surface area contributed by atoms with Crippen LogP contribution in [0.2, 0.25) is 5.02 Å². The molecule has 0 spiro atoms. The molecule has 1 aliphatic heterocycles. The molecule has 8 heteroatoms. The summed E-state index contributed by atoms with van der Waals surface area (Å²) >= 11 is 7.07. The van der Waals surface area contributed by atoms with Gasteiger partial charge < -0.3 is 10.1 Å². The number of anilines is 1. The van der Waals surface area contributed by atoms with E-state index in [1.165, 1.54) is 0 Å². The number of carbonyl (C=O) groups excluding carboxylic acids is 2. The van der Waals surface area contributed by atoms with Crippen molar-refractivity contribution < 1.29 is 14.3 Å². The number of nitrogens with one attached hydrogen (secondary N) is 1. The molecular weight excluding hydrogens is 338 g/mol. The average Bonchev–Trinajstić information content (AvgIpc) is 3.01. The first kappa shape index (κ1) is 15.6. The fourth-order valence-corrected chi connectivity index (χ4v) is 3.16. The summed E-state index contributed by atoms with van der Waals surface area (Å²) in [6.45, 7) is 3.72. The maximum absolute atomic E-state index is 12.1. The molecule has 1 aromatic carbocycles. The van der Waals surface area contributed by atoms with Crippen molar-refractivity contribution >= 4 is 51.3 Å². The van der Waals surface area contributed by atoms with Gasteiger partial charge >= 0.3 is 5.97 Å². The molecule has 1 N–H and O–H groups in total. The Kier molecular flexibility index (Phi) is 4.14. The van der Waals surface area contributed by atoms with Crippen molar-refractivity contribution in [2.24, 2.45) is 4.99 Å². The lowest BCUT2D eigenvalue weighted by atomic mass is 10.1. The number of esters is 1. The van der Waals surface area contributed by atoms with Crippen LogP contribution in [-0.2, 0) is 9.53 Å². The van der Waals surface area contributed by atoms with Crippen LogP contribution in [0.3, 0.4) is 0 Å². The third-order valence-electron chi connectivity index (χ3n) is 3.15. The second-order valence-corrected chi connectivity index (χ2v) is 6.15. The third kappa shape index (κ3) is 2.97. The lowest BCUT2D eigenvalue weighted by Crippen LogP contribution is -2.13. The van der Waals surface area contributed by atoms with Crippen LogP contribution in [-0.4, -0.2) is 29.2 Å². The number of halogens is 1. The van der Waals surface area contributed by atoms with E-state index in [4.69, 9.17) is 16.3 Å². The molecular formula is C15H12ClN3O3S. The molecule has 0 aliphatic carbocycles. The van der Waals surface area contributed by atoms with Crippen LogP contribution < -0.4 is 5.32 Å². The molecule has 6 nitrogen and oxygen atoms in total. The molecule has 0 bridgehead atoms. The van der Waals surface area contributed by atoms with E-state index in [-0.39, 0.29) is 18.2 Å². The fourth-order valence-electron chi connectivity index (χ4n) is 2.15. The summed E-state index contributed by atoms with van der Waals surface area (Å²) in [5.41, 5.74) is 2.02. The molecule has 1 amide bonds. The van der Waals surface area contributed by atoms with Crippen LogP contribution in [0.5, 0.6) is 0 Å². The van der Waals surface area contributed by atoms with E-state index in [1.54, 1.807) is 32.0 Å². The zero-order chi connectivity index (χ0) is 16.6. The maximum Gasteiger partial charge on any atom is 0.350 e. The monoisotopic (exact) mass is 349 g/mol. The molecule has 0 radical (unpaired) electrons. The minimum Gasteiger partial charge on any atom is -0.462 e. The number of aliphatic imine (C=N–C) groups is 1. The number of benzene rings is 1. The molecule has 23 heavy (non-hydrogen) atoms. The summed E-state index contributed by atoms with van der Waals surface area (Å²) < 4.78 is 4.97. The Balaban J connectivity index is 2.00. The molecule has 0 unspecified atom stereocenters. The summed E-state index contributed by atoms with van der Waals surface area (Å²) in [6.07, 6.45) is 0. The molecule has 0 saturated heterocycles. The molecule has 118 valence electrons. The summed E-state index contributed by atoms with van der Waals surface area (Å²) in [5, 5.41) is 3.55. The smallest absolute Gasteiger partial charge is 0.350 e. The second kappa shape index (κ2) is 6.10. The first-order valence-corrected chi connectivity index (χ1v) is 8.03. The lowest BCUT2D eigenvalue weighted by Gasteiger charge is -1.97. The molecule has 2 heterocycles. The summed E-state index contributed by atoms with van der Waals surface area (Å²) in [5.74, 6) is -0.763. The van der Waals surface area contributed by atoms with Gasteiger partial charge in [-0.1, -0.05) is 22.9 Å². The Hall–Kier alpha value is -2.25. The number of nitrogens with zero attached hydrogens (tertiary/aromatic N) is 2. The van der Waals surface area contributed by atoms with E-state index in [9.17, 15) is 9.59 Å². The van der Waals surface area contributed by atoms with E-state index in [1.807, 2.05) is 0 Å². The Labute approximate surface area is 141 Å². The predicted octanol–water partition coefficient (Wildman–Crippen LogP) is 3.35. The standard InChI is InChI=1S/C15H12ClN3O3S/c1-3-22-14(21)12-7(2)17-15(23-12)19-11-9-6-8(16)4-5-10(9)18-13(11)20/h4-6H,3H2,1-2H3,(H,17,18,19,20). The predicted molar refractivity (Wildman–Crippen MR) is 89.1 cm³/mol. The van der Waals surface area contributed by atoms with Gasteiger partial charge in [-0.25, -0.2) is 14.8 Å². The van der Waals surface area contributed by atoms with Crippen molar-refractivity contribution in [2.45, 2.75) is 13.8 Å². The van der Waals surface area contributed by atoms with Gasteiger partial charge in [-0.15, -0.1) is 0 Å². The van der Waals surface area contributed by atoms with Crippen molar-refractivity contribution in [3.8, 4) is 0 Å². The number of carbonyl (C=O) groups is 2. The Morgan fingerprint density at radius 2 is 2.26 bits per heavy atom.